The molecule has 1 aromatic heterocycles. The summed E-state index contributed by atoms with van der Waals surface area (Å²) in [6.45, 7) is 0. The first-order chi connectivity index (χ1) is 8.16. The Kier molecular flexibility index (Phi) is 3.98. The molecule has 1 N–H and O–H groups in total. The third-order valence-corrected chi connectivity index (χ3v) is 3.51. The predicted octanol–water partition coefficient (Wildman–Crippen LogP) is 1.69. The highest BCUT2D eigenvalue weighted by molar-refractivity contribution is 7.99. The SMILES string of the molecule is Cn1nnnc1SCC(O)c1cccc(Cl)c1. The van der Waals surface area contributed by atoms with Gasteiger partial charge in [-0.15, -0.1) is 5.10 Å². The summed E-state index contributed by atoms with van der Waals surface area (Å²) in [5.74, 6) is 0.481. The standard InChI is InChI=1S/C10H11ClN4OS/c1-15-10(12-13-14-15)17-6-9(16)7-3-2-4-8(11)5-7/h2-5,9,16H,6H2,1H3. The van der Waals surface area contributed by atoms with Crippen LogP contribution in [-0.4, -0.2) is 31.1 Å². The first kappa shape index (κ1) is 12.3. The molecule has 2 aromatic rings. The van der Waals surface area contributed by atoms with Crippen molar-refractivity contribution in [2.75, 3.05) is 5.75 Å². The maximum Gasteiger partial charge on any atom is 0.209 e. The first-order valence-electron chi connectivity index (χ1n) is 4.95. The number of hydrogen-bond donors (Lipinski definition) is 1. The zero-order valence-corrected chi connectivity index (χ0v) is 10.7. The molecular weight excluding hydrogens is 260 g/mol. The van der Waals surface area contributed by atoms with Crippen LogP contribution < -0.4 is 0 Å². The fraction of sp³-hybridized carbons (Fsp3) is 0.300. The van der Waals surface area contributed by atoms with Crippen LogP contribution in [0.1, 0.15) is 11.7 Å². The number of aryl methyl sites for hydroxylation is 1. The molecule has 1 atom stereocenters. The van der Waals surface area contributed by atoms with Gasteiger partial charge in [0, 0.05) is 17.8 Å². The molecule has 2 rings (SSSR count). The third kappa shape index (κ3) is 3.18. The highest BCUT2D eigenvalue weighted by atomic mass is 35.5. The summed E-state index contributed by atoms with van der Waals surface area (Å²) in [4.78, 5) is 0. The van der Waals surface area contributed by atoms with Crippen molar-refractivity contribution >= 4 is 23.4 Å². The van der Waals surface area contributed by atoms with Gasteiger partial charge in [-0.3, -0.25) is 0 Å². The number of aliphatic hydroxyl groups is 1. The van der Waals surface area contributed by atoms with E-state index in [9.17, 15) is 5.11 Å². The quantitative estimate of drug-likeness (QED) is 0.857. The van der Waals surface area contributed by atoms with E-state index < -0.39 is 6.10 Å². The smallest absolute Gasteiger partial charge is 0.209 e. The summed E-state index contributed by atoms with van der Waals surface area (Å²) in [5.41, 5.74) is 0.792. The Balaban J connectivity index is 1.98. The maximum absolute atomic E-state index is 9.98. The van der Waals surface area contributed by atoms with E-state index in [1.54, 1.807) is 23.9 Å². The van der Waals surface area contributed by atoms with Crippen LogP contribution in [0.3, 0.4) is 0 Å². The lowest BCUT2D eigenvalue weighted by molar-refractivity contribution is 0.204. The molecule has 0 aliphatic carbocycles. The molecule has 0 aliphatic heterocycles. The zero-order chi connectivity index (χ0) is 12.3. The average Bonchev–Trinajstić information content (AvgIpc) is 2.72. The number of nitrogens with zero attached hydrogens (tertiary/aromatic N) is 4. The van der Waals surface area contributed by atoms with Crippen molar-refractivity contribution in [3.05, 3.63) is 34.9 Å². The van der Waals surface area contributed by atoms with Gasteiger partial charge in [0.05, 0.1) is 6.10 Å². The number of rotatable bonds is 4. The fourth-order valence-corrected chi connectivity index (χ4v) is 2.32. The van der Waals surface area contributed by atoms with Crippen LogP contribution in [0.4, 0.5) is 0 Å². The molecule has 1 unspecified atom stereocenters. The molecule has 7 heteroatoms. The monoisotopic (exact) mass is 270 g/mol. The molecular formula is C10H11ClN4OS. The second-order valence-electron chi connectivity index (χ2n) is 3.47. The van der Waals surface area contributed by atoms with Crippen LogP contribution in [0, 0.1) is 0 Å². The van der Waals surface area contributed by atoms with Gasteiger partial charge in [0.25, 0.3) is 0 Å². The molecule has 1 heterocycles. The summed E-state index contributed by atoms with van der Waals surface area (Å²) < 4.78 is 1.56. The highest BCUT2D eigenvalue weighted by Crippen LogP contribution is 2.24. The summed E-state index contributed by atoms with van der Waals surface area (Å²) >= 11 is 7.26. The van der Waals surface area contributed by atoms with E-state index in [4.69, 9.17) is 11.6 Å². The zero-order valence-electron chi connectivity index (χ0n) is 9.12. The lowest BCUT2D eigenvalue weighted by Crippen LogP contribution is -2.02. The topological polar surface area (TPSA) is 63.8 Å². The minimum absolute atomic E-state index is 0.481. The summed E-state index contributed by atoms with van der Waals surface area (Å²) in [6.07, 6.45) is -0.588. The van der Waals surface area contributed by atoms with Gasteiger partial charge in [0.1, 0.15) is 0 Å². The van der Waals surface area contributed by atoms with Gasteiger partial charge in [-0.2, -0.15) is 0 Å². The summed E-state index contributed by atoms with van der Waals surface area (Å²) in [7, 11) is 1.76. The predicted molar refractivity (Wildman–Crippen MR) is 65.9 cm³/mol. The van der Waals surface area contributed by atoms with Gasteiger partial charge in [0.15, 0.2) is 0 Å². The minimum atomic E-state index is -0.588. The molecule has 0 spiro atoms. The van der Waals surface area contributed by atoms with Gasteiger partial charge < -0.3 is 5.11 Å². The largest absolute Gasteiger partial charge is 0.388 e. The van der Waals surface area contributed by atoms with Crippen LogP contribution in [-0.2, 0) is 7.05 Å². The van der Waals surface area contributed by atoms with Crippen molar-refractivity contribution < 1.29 is 5.11 Å². The van der Waals surface area contributed by atoms with Crippen molar-refractivity contribution in [3.63, 3.8) is 0 Å². The van der Waals surface area contributed by atoms with E-state index in [0.29, 0.717) is 15.9 Å². The number of thioether (sulfide) groups is 1. The van der Waals surface area contributed by atoms with Crippen molar-refractivity contribution in [1.29, 1.82) is 0 Å². The Morgan fingerprint density at radius 1 is 1.53 bits per heavy atom. The maximum atomic E-state index is 9.98. The van der Waals surface area contributed by atoms with Crippen LogP contribution in [0.25, 0.3) is 0 Å². The lowest BCUT2D eigenvalue weighted by atomic mass is 10.1. The van der Waals surface area contributed by atoms with Crippen LogP contribution in [0.15, 0.2) is 29.4 Å². The Bertz CT molecular complexity index is 505. The van der Waals surface area contributed by atoms with Crippen LogP contribution in [0.5, 0.6) is 0 Å². The molecule has 0 fully saturated rings. The molecule has 1 aromatic carbocycles. The van der Waals surface area contributed by atoms with E-state index in [0.717, 1.165) is 5.56 Å². The lowest BCUT2D eigenvalue weighted by Gasteiger charge is -2.09. The molecule has 0 aliphatic rings. The van der Waals surface area contributed by atoms with E-state index in [2.05, 4.69) is 15.5 Å². The van der Waals surface area contributed by atoms with Gasteiger partial charge in [0.2, 0.25) is 5.16 Å². The normalized spacial score (nSPS) is 12.6. The number of aliphatic hydroxyl groups excluding tert-OH is 1. The van der Waals surface area contributed by atoms with E-state index in [1.807, 2.05) is 12.1 Å². The molecule has 0 bridgehead atoms. The molecule has 17 heavy (non-hydrogen) atoms. The second kappa shape index (κ2) is 5.48. The van der Waals surface area contributed by atoms with Crippen molar-refractivity contribution in [2.24, 2.45) is 7.05 Å². The van der Waals surface area contributed by atoms with Crippen molar-refractivity contribution in [3.8, 4) is 0 Å². The molecule has 0 saturated carbocycles. The van der Waals surface area contributed by atoms with Crippen LogP contribution in [0.2, 0.25) is 5.02 Å². The van der Waals surface area contributed by atoms with Crippen molar-refractivity contribution in [1.82, 2.24) is 20.2 Å². The Hall–Kier alpha value is -1.11. The van der Waals surface area contributed by atoms with E-state index >= 15 is 0 Å². The van der Waals surface area contributed by atoms with E-state index in [-0.39, 0.29) is 0 Å². The van der Waals surface area contributed by atoms with E-state index in [1.165, 1.54) is 11.8 Å². The number of aromatic nitrogens is 4. The van der Waals surface area contributed by atoms with Gasteiger partial charge in [-0.05, 0) is 28.1 Å². The molecule has 0 saturated heterocycles. The highest BCUT2D eigenvalue weighted by Gasteiger charge is 2.11. The average molecular weight is 271 g/mol. The number of tetrazole rings is 1. The second-order valence-corrected chi connectivity index (χ2v) is 4.89. The summed E-state index contributed by atoms with van der Waals surface area (Å²) in [5, 5.41) is 22.3. The molecule has 0 amide bonds. The molecule has 90 valence electrons. The Morgan fingerprint density at radius 3 is 3.00 bits per heavy atom. The minimum Gasteiger partial charge on any atom is -0.388 e. The van der Waals surface area contributed by atoms with Gasteiger partial charge in [-0.25, -0.2) is 4.68 Å². The molecule has 0 radical (unpaired) electrons. The summed E-state index contributed by atoms with van der Waals surface area (Å²) in [6, 6.07) is 7.18. The van der Waals surface area contributed by atoms with Crippen molar-refractivity contribution in [2.45, 2.75) is 11.3 Å². The Morgan fingerprint density at radius 2 is 2.35 bits per heavy atom. The third-order valence-electron chi connectivity index (χ3n) is 2.19. The number of benzene rings is 1. The fourth-order valence-electron chi connectivity index (χ4n) is 1.31. The number of hydrogen-bond acceptors (Lipinski definition) is 5. The molecule has 5 nitrogen and oxygen atoms in total. The van der Waals surface area contributed by atoms with Gasteiger partial charge >= 0.3 is 0 Å². The van der Waals surface area contributed by atoms with Crippen LogP contribution >= 0.6 is 23.4 Å². The Labute approximate surface area is 108 Å². The van der Waals surface area contributed by atoms with Gasteiger partial charge in [-0.1, -0.05) is 35.5 Å². The first-order valence-corrected chi connectivity index (χ1v) is 6.32. The number of halogens is 1.